The van der Waals surface area contributed by atoms with E-state index in [2.05, 4.69) is 5.32 Å². The molecule has 0 aromatic heterocycles. The molecule has 1 aliphatic carbocycles. The van der Waals surface area contributed by atoms with Crippen molar-refractivity contribution in [3.05, 3.63) is 0 Å². The SMILES string of the molecule is CCOCCCNCCS(=O)(=O)C1CCCCC1. The second-order valence-electron chi connectivity index (χ2n) is 4.93. The Labute approximate surface area is 111 Å². The van der Waals surface area contributed by atoms with Gasteiger partial charge in [-0.05, 0) is 32.7 Å². The zero-order valence-electron chi connectivity index (χ0n) is 11.5. The Bertz CT molecular complexity index is 297. The van der Waals surface area contributed by atoms with Crippen molar-refractivity contribution in [1.29, 1.82) is 0 Å². The number of hydrogen-bond donors (Lipinski definition) is 1. The molecule has 4 nitrogen and oxygen atoms in total. The van der Waals surface area contributed by atoms with Crippen molar-refractivity contribution in [2.75, 3.05) is 32.1 Å². The summed E-state index contributed by atoms with van der Waals surface area (Å²) < 4.78 is 29.3. The Kier molecular flexibility index (Phi) is 7.86. The highest BCUT2D eigenvalue weighted by molar-refractivity contribution is 7.92. The molecule has 0 radical (unpaired) electrons. The van der Waals surface area contributed by atoms with Crippen LogP contribution in [-0.4, -0.2) is 45.7 Å². The molecule has 0 aromatic carbocycles. The molecule has 0 aromatic rings. The van der Waals surface area contributed by atoms with Crippen LogP contribution in [0.3, 0.4) is 0 Å². The fourth-order valence-electron chi connectivity index (χ4n) is 2.37. The average Bonchev–Trinajstić information content (AvgIpc) is 2.39. The van der Waals surface area contributed by atoms with E-state index < -0.39 is 9.84 Å². The molecule has 0 atom stereocenters. The van der Waals surface area contributed by atoms with E-state index in [1.807, 2.05) is 6.92 Å². The molecular weight excluding hydrogens is 250 g/mol. The van der Waals surface area contributed by atoms with Gasteiger partial charge < -0.3 is 10.1 Å². The van der Waals surface area contributed by atoms with Crippen molar-refractivity contribution in [2.45, 2.75) is 50.7 Å². The lowest BCUT2D eigenvalue weighted by Gasteiger charge is -2.21. The van der Waals surface area contributed by atoms with E-state index in [0.717, 1.165) is 51.9 Å². The lowest BCUT2D eigenvalue weighted by atomic mass is 10.0. The third kappa shape index (κ3) is 6.16. The lowest BCUT2D eigenvalue weighted by molar-refractivity contribution is 0.145. The summed E-state index contributed by atoms with van der Waals surface area (Å²) in [6.07, 6.45) is 6.02. The van der Waals surface area contributed by atoms with Crippen molar-refractivity contribution in [1.82, 2.24) is 5.32 Å². The molecule has 1 aliphatic rings. The Hall–Kier alpha value is -0.130. The third-order valence-corrected chi connectivity index (χ3v) is 5.73. The van der Waals surface area contributed by atoms with E-state index in [1.54, 1.807) is 0 Å². The van der Waals surface area contributed by atoms with Crippen LogP contribution in [0.15, 0.2) is 0 Å². The standard InChI is InChI=1S/C13H27NO3S/c1-2-17-11-6-9-14-10-12-18(15,16)13-7-4-3-5-8-13/h13-14H,2-12H2,1H3. The van der Waals surface area contributed by atoms with Crippen LogP contribution in [0.25, 0.3) is 0 Å². The lowest BCUT2D eigenvalue weighted by Crippen LogP contribution is -2.32. The number of sulfone groups is 1. The van der Waals surface area contributed by atoms with E-state index >= 15 is 0 Å². The van der Waals surface area contributed by atoms with Crippen LogP contribution in [0, 0.1) is 0 Å². The van der Waals surface area contributed by atoms with E-state index in [4.69, 9.17) is 4.74 Å². The predicted octanol–water partition coefficient (Wildman–Crippen LogP) is 1.75. The second kappa shape index (κ2) is 8.88. The first kappa shape index (κ1) is 15.9. The monoisotopic (exact) mass is 277 g/mol. The zero-order chi connectivity index (χ0) is 13.3. The first-order chi connectivity index (χ1) is 8.67. The van der Waals surface area contributed by atoms with Crippen molar-refractivity contribution < 1.29 is 13.2 Å². The Morgan fingerprint density at radius 3 is 2.56 bits per heavy atom. The van der Waals surface area contributed by atoms with Crippen molar-refractivity contribution in [3.63, 3.8) is 0 Å². The Balaban J connectivity index is 2.09. The van der Waals surface area contributed by atoms with Crippen LogP contribution in [0.5, 0.6) is 0 Å². The molecule has 1 rings (SSSR count). The number of hydrogen-bond acceptors (Lipinski definition) is 4. The van der Waals surface area contributed by atoms with Gasteiger partial charge in [0.05, 0.1) is 11.0 Å². The van der Waals surface area contributed by atoms with Gasteiger partial charge in [-0.2, -0.15) is 0 Å². The summed E-state index contributed by atoms with van der Waals surface area (Å²) in [6.45, 7) is 4.88. The molecule has 18 heavy (non-hydrogen) atoms. The normalized spacial score (nSPS) is 18.1. The largest absolute Gasteiger partial charge is 0.382 e. The molecular formula is C13H27NO3S. The number of nitrogens with one attached hydrogen (secondary N) is 1. The highest BCUT2D eigenvalue weighted by Crippen LogP contribution is 2.23. The molecule has 1 fully saturated rings. The van der Waals surface area contributed by atoms with Crippen LogP contribution >= 0.6 is 0 Å². The van der Waals surface area contributed by atoms with E-state index in [-0.39, 0.29) is 11.0 Å². The van der Waals surface area contributed by atoms with Crippen molar-refractivity contribution in [2.24, 2.45) is 0 Å². The molecule has 1 N–H and O–H groups in total. The first-order valence-corrected chi connectivity index (χ1v) is 8.88. The topological polar surface area (TPSA) is 55.4 Å². The van der Waals surface area contributed by atoms with Gasteiger partial charge in [0.1, 0.15) is 0 Å². The highest BCUT2D eigenvalue weighted by atomic mass is 32.2. The summed E-state index contributed by atoms with van der Waals surface area (Å²) in [5.74, 6) is 0.284. The van der Waals surface area contributed by atoms with Gasteiger partial charge in [-0.3, -0.25) is 0 Å². The van der Waals surface area contributed by atoms with Gasteiger partial charge in [0.2, 0.25) is 0 Å². The minimum atomic E-state index is -2.87. The van der Waals surface area contributed by atoms with Crippen LogP contribution in [0.4, 0.5) is 0 Å². The van der Waals surface area contributed by atoms with Crippen LogP contribution in [-0.2, 0) is 14.6 Å². The summed E-state index contributed by atoms with van der Waals surface area (Å²) in [5.41, 5.74) is 0. The van der Waals surface area contributed by atoms with Crippen LogP contribution < -0.4 is 5.32 Å². The summed E-state index contributed by atoms with van der Waals surface area (Å²) >= 11 is 0. The van der Waals surface area contributed by atoms with Gasteiger partial charge in [0.25, 0.3) is 0 Å². The number of ether oxygens (including phenoxy) is 1. The molecule has 1 saturated carbocycles. The van der Waals surface area contributed by atoms with Crippen molar-refractivity contribution in [3.8, 4) is 0 Å². The fraction of sp³-hybridized carbons (Fsp3) is 1.00. The van der Waals surface area contributed by atoms with Gasteiger partial charge >= 0.3 is 0 Å². The van der Waals surface area contributed by atoms with Crippen LogP contribution in [0.1, 0.15) is 45.4 Å². The van der Waals surface area contributed by atoms with Crippen molar-refractivity contribution >= 4 is 9.84 Å². The molecule has 0 bridgehead atoms. The Morgan fingerprint density at radius 1 is 1.17 bits per heavy atom. The molecule has 5 heteroatoms. The van der Waals surface area contributed by atoms with Gasteiger partial charge in [0, 0.05) is 19.8 Å². The predicted molar refractivity (Wildman–Crippen MR) is 74.6 cm³/mol. The van der Waals surface area contributed by atoms with Gasteiger partial charge in [0.15, 0.2) is 9.84 Å². The molecule has 0 amide bonds. The van der Waals surface area contributed by atoms with E-state index in [0.29, 0.717) is 6.54 Å². The zero-order valence-corrected chi connectivity index (χ0v) is 12.3. The quantitative estimate of drug-likeness (QED) is 0.652. The summed E-state index contributed by atoms with van der Waals surface area (Å²) in [7, 11) is -2.87. The summed E-state index contributed by atoms with van der Waals surface area (Å²) in [5, 5.41) is 3.11. The molecule has 0 spiro atoms. The first-order valence-electron chi connectivity index (χ1n) is 7.17. The minimum absolute atomic E-state index is 0.0727. The molecule has 0 saturated heterocycles. The van der Waals surface area contributed by atoms with Gasteiger partial charge in [-0.15, -0.1) is 0 Å². The van der Waals surface area contributed by atoms with E-state index in [1.165, 1.54) is 6.42 Å². The van der Waals surface area contributed by atoms with Gasteiger partial charge in [-0.1, -0.05) is 19.3 Å². The maximum absolute atomic E-state index is 12.1. The smallest absolute Gasteiger partial charge is 0.154 e. The average molecular weight is 277 g/mol. The molecule has 0 aliphatic heterocycles. The maximum Gasteiger partial charge on any atom is 0.154 e. The minimum Gasteiger partial charge on any atom is -0.382 e. The fourth-order valence-corrected chi connectivity index (χ4v) is 4.19. The van der Waals surface area contributed by atoms with Crippen LogP contribution in [0.2, 0.25) is 0 Å². The summed E-state index contributed by atoms with van der Waals surface area (Å²) in [4.78, 5) is 0. The maximum atomic E-state index is 12.1. The molecule has 108 valence electrons. The highest BCUT2D eigenvalue weighted by Gasteiger charge is 2.26. The van der Waals surface area contributed by atoms with E-state index in [9.17, 15) is 8.42 Å². The molecule has 0 unspecified atom stereocenters. The third-order valence-electron chi connectivity index (χ3n) is 3.47. The van der Waals surface area contributed by atoms with Gasteiger partial charge in [-0.25, -0.2) is 8.42 Å². The number of rotatable bonds is 9. The second-order valence-corrected chi connectivity index (χ2v) is 7.33. The summed E-state index contributed by atoms with van der Waals surface area (Å²) in [6, 6.07) is 0. The molecule has 0 heterocycles. The Morgan fingerprint density at radius 2 is 1.89 bits per heavy atom.